The quantitative estimate of drug-likeness (QED) is 0.668. The lowest BCUT2D eigenvalue weighted by molar-refractivity contribution is 0.0642. The van der Waals surface area contributed by atoms with Crippen LogP contribution in [-0.4, -0.2) is 26.5 Å². The van der Waals surface area contributed by atoms with Gasteiger partial charge < -0.3 is 5.73 Å². The second kappa shape index (κ2) is 4.44. The standard InChI is InChI=1S/C15H16N4O2/c1-8-13(9(2)18(3)17-8)7-19-14(20)11-5-4-10(16)6-12(11)15(19)21/h4-6H,7,16H2,1-3H3. The van der Waals surface area contributed by atoms with Crippen molar-refractivity contribution in [1.82, 2.24) is 14.7 Å². The predicted molar refractivity (Wildman–Crippen MR) is 77.7 cm³/mol. The summed E-state index contributed by atoms with van der Waals surface area (Å²) in [6, 6.07) is 4.79. The molecular formula is C15H16N4O2. The van der Waals surface area contributed by atoms with E-state index in [9.17, 15) is 9.59 Å². The summed E-state index contributed by atoms with van der Waals surface area (Å²) in [6.45, 7) is 4.03. The Morgan fingerprint density at radius 2 is 1.81 bits per heavy atom. The fraction of sp³-hybridized carbons (Fsp3) is 0.267. The van der Waals surface area contributed by atoms with E-state index in [0.717, 1.165) is 17.0 Å². The molecule has 2 aromatic rings. The molecule has 1 aliphatic rings. The molecule has 6 heteroatoms. The minimum absolute atomic E-state index is 0.234. The van der Waals surface area contributed by atoms with Crippen LogP contribution in [0.1, 0.15) is 37.7 Å². The molecule has 1 aliphatic heterocycles. The van der Waals surface area contributed by atoms with Gasteiger partial charge >= 0.3 is 0 Å². The lowest BCUT2D eigenvalue weighted by Gasteiger charge is -2.14. The van der Waals surface area contributed by atoms with Crippen molar-refractivity contribution in [1.29, 1.82) is 0 Å². The molecule has 0 fully saturated rings. The summed E-state index contributed by atoms with van der Waals surface area (Å²) in [6.07, 6.45) is 0. The van der Waals surface area contributed by atoms with Crippen LogP contribution in [0.5, 0.6) is 0 Å². The lowest BCUT2D eigenvalue weighted by Crippen LogP contribution is -2.29. The van der Waals surface area contributed by atoms with Gasteiger partial charge in [-0.15, -0.1) is 0 Å². The molecule has 2 N–H and O–H groups in total. The van der Waals surface area contributed by atoms with Crippen molar-refractivity contribution in [2.75, 3.05) is 5.73 Å². The molecule has 21 heavy (non-hydrogen) atoms. The van der Waals surface area contributed by atoms with Gasteiger partial charge in [0.2, 0.25) is 0 Å². The number of nitrogens with two attached hydrogens (primary N) is 1. The molecule has 0 bridgehead atoms. The van der Waals surface area contributed by atoms with Crippen LogP contribution in [0.3, 0.4) is 0 Å². The number of anilines is 1. The average Bonchev–Trinajstić information content (AvgIpc) is 2.81. The maximum absolute atomic E-state index is 12.4. The van der Waals surface area contributed by atoms with Gasteiger partial charge in [-0.05, 0) is 32.0 Å². The zero-order chi connectivity index (χ0) is 15.3. The van der Waals surface area contributed by atoms with Gasteiger partial charge in [0.15, 0.2) is 0 Å². The first-order valence-corrected chi connectivity index (χ1v) is 6.65. The number of nitrogen functional groups attached to an aromatic ring is 1. The zero-order valence-electron chi connectivity index (χ0n) is 12.2. The molecule has 1 aromatic carbocycles. The third-order valence-electron chi connectivity index (χ3n) is 3.97. The van der Waals surface area contributed by atoms with E-state index in [-0.39, 0.29) is 18.4 Å². The average molecular weight is 284 g/mol. The van der Waals surface area contributed by atoms with Gasteiger partial charge in [0, 0.05) is 24.0 Å². The van der Waals surface area contributed by atoms with Crippen LogP contribution in [0.25, 0.3) is 0 Å². The molecule has 0 atom stereocenters. The van der Waals surface area contributed by atoms with Crippen molar-refractivity contribution >= 4 is 17.5 Å². The number of amides is 2. The molecule has 0 aliphatic carbocycles. The third kappa shape index (κ3) is 1.91. The van der Waals surface area contributed by atoms with E-state index in [2.05, 4.69) is 5.10 Å². The minimum atomic E-state index is -0.301. The Morgan fingerprint density at radius 1 is 1.14 bits per heavy atom. The van der Waals surface area contributed by atoms with E-state index in [1.165, 1.54) is 4.90 Å². The Hall–Kier alpha value is -2.63. The van der Waals surface area contributed by atoms with Crippen molar-refractivity contribution in [2.45, 2.75) is 20.4 Å². The van der Waals surface area contributed by atoms with Crippen molar-refractivity contribution in [3.05, 3.63) is 46.3 Å². The van der Waals surface area contributed by atoms with Gasteiger partial charge in [-0.25, -0.2) is 0 Å². The van der Waals surface area contributed by atoms with Crippen LogP contribution < -0.4 is 5.73 Å². The first-order valence-electron chi connectivity index (χ1n) is 6.65. The Kier molecular flexibility index (Phi) is 2.83. The zero-order valence-corrected chi connectivity index (χ0v) is 12.2. The molecule has 0 spiro atoms. The maximum Gasteiger partial charge on any atom is 0.261 e. The van der Waals surface area contributed by atoms with Crippen molar-refractivity contribution in [2.24, 2.45) is 7.05 Å². The summed E-state index contributed by atoms with van der Waals surface area (Å²) in [4.78, 5) is 26.1. The summed E-state index contributed by atoms with van der Waals surface area (Å²) >= 11 is 0. The summed E-state index contributed by atoms with van der Waals surface area (Å²) in [5.74, 6) is -0.581. The predicted octanol–water partition coefficient (Wildman–Crippen LogP) is 1.42. The van der Waals surface area contributed by atoms with Crippen LogP contribution in [0.2, 0.25) is 0 Å². The van der Waals surface area contributed by atoms with E-state index < -0.39 is 0 Å². The normalized spacial score (nSPS) is 14.0. The molecule has 2 heterocycles. The van der Waals surface area contributed by atoms with Crippen LogP contribution in [0.15, 0.2) is 18.2 Å². The first-order chi connectivity index (χ1) is 9.90. The van der Waals surface area contributed by atoms with E-state index in [1.807, 2.05) is 20.9 Å². The monoisotopic (exact) mass is 284 g/mol. The smallest absolute Gasteiger partial charge is 0.261 e. The number of hydrogen-bond donors (Lipinski definition) is 1. The second-order valence-electron chi connectivity index (χ2n) is 5.27. The molecule has 3 rings (SSSR count). The fourth-order valence-corrected chi connectivity index (χ4v) is 2.66. The molecule has 108 valence electrons. The highest BCUT2D eigenvalue weighted by molar-refractivity contribution is 6.21. The first kappa shape index (κ1) is 13.4. The van der Waals surface area contributed by atoms with Gasteiger partial charge in [0.05, 0.1) is 23.4 Å². The Bertz CT molecular complexity index is 776. The summed E-state index contributed by atoms with van der Waals surface area (Å²) in [5, 5.41) is 4.31. The molecule has 0 saturated carbocycles. The van der Waals surface area contributed by atoms with Crippen LogP contribution >= 0.6 is 0 Å². The summed E-state index contributed by atoms with van der Waals surface area (Å²) in [7, 11) is 1.84. The minimum Gasteiger partial charge on any atom is -0.399 e. The molecule has 1 aromatic heterocycles. The molecule has 0 radical (unpaired) electrons. The molecule has 6 nitrogen and oxygen atoms in total. The van der Waals surface area contributed by atoms with Crippen molar-refractivity contribution < 1.29 is 9.59 Å². The number of rotatable bonds is 2. The third-order valence-corrected chi connectivity index (χ3v) is 3.97. The van der Waals surface area contributed by atoms with Gasteiger partial charge in [-0.1, -0.05) is 0 Å². The number of carbonyl (C=O) groups excluding carboxylic acids is 2. The highest BCUT2D eigenvalue weighted by Crippen LogP contribution is 2.27. The van der Waals surface area contributed by atoms with Gasteiger partial charge in [0.1, 0.15) is 0 Å². The maximum atomic E-state index is 12.4. The number of hydrogen-bond acceptors (Lipinski definition) is 4. The number of fused-ring (bicyclic) bond motifs is 1. The molecule has 0 saturated heterocycles. The SMILES string of the molecule is Cc1nn(C)c(C)c1CN1C(=O)c2ccc(N)cc2C1=O. The highest BCUT2D eigenvalue weighted by Gasteiger charge is 2.36. The van der Waals surface area contributed by atoms with Crippen LogP contribution in [0, 0.1) is 13.8 Å². The molecule has 0 unspecified atom stereocenters. The number of imide groups is 1. The van der Waals surface area contributed by atoms with E-state index >= 15 is 0 Å². The highest BCUT2D eigenvalue weighted by atomic mass is 16.2. The van der Waals surface area contributed by atoms with Crippen molar-refractivity contribution in [3.8, 4) is 0 Å². The van der Waals surface area contributed by atoms with Crippen LogP contribution in [-0.2, 0) is 13.6 Å². The second-order valence-corrected chi connectivity index (χ2v) is 5.27. The number of carbonyl (C=O) groups is 2. The van der Waals surface area contributed by atoms with Gasteiger partial charge in [-0.2, -0.15) is 5.10 Å². The Balaban J connectivity index is 1.99. The largest absolute Gasteiger partial charge is 0.399 e. The number of aryl methyl sites for hydroxylation is 2. The van der Waals surface area contributed by atoms with E-state index in [0.29, 0.717) is 16.8 Å². The van der Waals surface area contributed by atoms with Gasteiger partial charge in [0.25, 0.3) is 11.8 Å². The van der Waals surface area contributed by atoms with Crippen LogP contribution in [0.4, 0.5) is 5.69 Å². The topological polar surface area (TPSA) is 81.2 Å². The molecule has 2 amide bonds. The Morgan fingerprint density at radius 3 is 2.43 bits per heavy atom. The lowest BCUT2D eigenvalue weighted by atomic mass is 10.1. The number of nitrogens with zero attached hydrogens (tertiary/aromatic N) is 3. The van der Waals surface area contributed by atoms with E-state index in [4.69, 9.17) is 5.73 Å². The van der Waals surface area contributed by atoms with Gasteiger partial charge in [-0.3, -0.25) is 19.2 Å². The summed E-state index contributed by atoms with van der Waals surface area (Å²) in [5.41, 5.74) is 9.63. The number of benzene rings is 1. The van der Waals surface area contributed by atoms with E-state index in [1.54, 1.807) is 22.9 Å². The fourth-order valence-electron chi connectivity index (χ4n) is 2.66. The van der Waals surface area contributed by atoms with Crippen molar-refractivity contribution in [3.63, 3.8) is 0 Å². The number of aromatic nitrogens is 2. The summed E-state index contributed by atoms with van der Waals surface area (Å²) < 4.78 is 1.75. The molecular weight excluding hydrogens is 268 g/mol. The Labute approximate surface area is 122 Å².